The number of hydrogen-bond donors (Lipinski definition) is 2. The van der Waals surface area contributed by atoms with Crippen LogP contribution >= 0.6 is 0 Å². The minimum absolute atomic E-state index is 0.121. The number of nitrogens with two attached hydrogens (primary N) is 1. The van der Waals surface area contributed by atoms with E-state index in [1.54, 1.807) is 0 Å². The Labute approximate surface area is 103 Å². The lowest BCUT2D eigenvalue weighted by Gasteiger charge is -2.36. The summed E-state index contributed by atoms with van der Waals surface area (Å²) in [6.07, 6.45) is 0. The summed E-state index contributed by atoms with van der Waals surface area (Å²) in [7, 11) is -4.01. The molecule has 0 unspecified atom stereocenters. The van der Waals surface area contributed by atoms with Crippen LogP contribution in [0.25, 0.3) is 0 Å². The van der Waals surface area contributed by atoms with Gasteiger partial charge in [-0.1, -0.05) is 0 Å². The van der Waals surface area contributed by atoms with Gasteiger partial charge in [-0.25, -0.2) is 17.2 Å². The largest absolute Gasteiger partial charge is 0.396 e. The second-order valence-corrected chi connectivity index (χ2v) is 6.05. The monoisotopic (exact) mass is 278 g/mol. The molecule has 1 heterocycles. The zero-order valence-corrected chi connectivity index (χ0v) is 10.1. The van der Waals surface area contributed by atoms with Crippen molar-refractivity contribution >= 4 is 15.7 Å². The summed E-state index contributed by atoms with van der Waals surface area (Å²) in [4.78, 5) is -0.641. The van der Waals surface area contributed by atoms with Gasteiger partial charge in [-0.2, -0.15) is 4.31 Å². The summed E-state index contributed by atoms with van der Waals surface area (Å²) in [6.45, 7) is 0.116. The van der Waals surface area contributed by atoms with Crippen LogP contribution in [0.4, 0.5) is 14.5 Å². The maximum Gasteiger partial charge on any atom is 0.246 e. The molecule has 0 aromatic heterocycles. The van der Waals surface area contributed by atoms with E-state index < -0.39 is 32.2 Å². The lowest BCUT2D eigenvalue weighted by Crippen LogP contribution is -2.51. The first-order chi connectivity index (χ1) is 8.37. The third kappa shape index (κ3) is 1.96. The van der Waals surface area contributed by atoms with Crippen LogP contribution in [-0.2, 0) is 10.0 Å². The number of hydrogen-bond acceptors (Lipinski definition) is 4. The van der Waals surface area contributed by atoms with E-state index in [0.717, 1.165) is 16.4 Å². The van der Waals surface area contributed by atoms with Crippen molar-refractivity contribution in [1.82, 2.24) is 4.31 Å². The SMILES string of the molecule is Nc1c(F)ccc(S(=O)(=O)N2CC(CO)C2)c1F. The minimum Gasteiger partial charge on any atom is -0.396 e. The molecule has 18 heavy (non-hydrogen) atoms. The van der Waals surface area contributed by atoms with E-state index in [9.17, 15) is 17.2 Å². The molecule has 5 nitrogen and oxygen atoms in total. The second kappa shape index (κ2) is 4.45. The molecule has 0 aliphatic carbocycles. The van der Waals surface area contributed by atoms with Crippen molar-refractivity contribution in [2.45, 2.75) is 4.90 Å². The lowest BCUT2D eigenvalue weighted by atomic mass is 10.1. The normalized spacial score (nSPS) is 17.7. The Kier molecular flexibility index (Phi) is 3.26. The lowest BCUT2D eigenvalue weighted by molar-refractivity contribution is 0.117. The average Bonchev–Trinajstić information content (AvgIpc) is 2.23. The molecular formula is C10H12F2N2O3S. The van der Waals surface area contributed by atoms with Gasteiger partial charge >= 0.3 is 0 Å². The smallest absolute Gasteiger partial charge is 0.246 e. The number of rotatable bonds is 3. The predicted octanol–water partition coefficient (Wildman–Crippen LogP) is 0.160. The first-order valence-electron chi connectivity index (χ1n) is 5.22. The van der Waals surface area contributed by atoms with Gasteiger partial charge < -0.3 is 10.8 Å². The molecule has 2 rings (SSSR count). The van der Waals surface area contributed by atoms with Gasteiger partial charge in [0, 0.05) is 25.6 Å². The van der Waals surface area contributed by atoms with Crippen LogP contribution < -0.4 is 5.73 Å². The Morgan fingerprint density at radius 3 is 2.56 bits per heavy atom. The van der Waals surface area contributed by atoms with Gasteiger partial charge in [0.15, 0.2) is 5.82 Å². The van der Waals surface area contributed by atoms with Gasteiger partial charge in [0.1, 0.15) is 16.4 Å². The van der Waals surface area contributed by atoms with Gasteiger partial charge in [-0.3, -0.25) is 0 Å². The zero-order chi connectivity index (χ0) is 13.5. The van der Waals surface area contributed by atoms with Gasteiger partial charge in [-0.05, 0) is 12.1 Å². The Balaban J connectivity index is 2.35. The van der Waals surface area contributed by atoms with Crippen molar-refractivity contribution in [3.05, 3.63) is 23.8 Å². The second-order valence-electron chi connectivity index (χ2n) is 4.14. The maximum absolute atomic E-state index is 13.6. The quantitative estimate of drug-likeness (QED) is 0.771. The number of aliphatic hydroxyl groups excluding tert-OH is 1. The molecule has 1 aromatic rings. The van der Waals surface area contributed by atoms with Gasteiger partial charge in [-0.15, -0.1) is 0 Å². The van der Waals surface area contributed by atoms with Crippen molar-refractivity contribution in [2.24, 2.45) is 5.92 Å². The molecule has 0 spiro atoms. The maximum atomic E-state index is 13.6. The fourth-order valence-corrected chi connectivity index (χ4v) is 3.39. The van der Waals surface area contributed by atoms with Gasteiger partial charge in [0.25, 0.3) is 0 Å². The molecule has 1 aliphatic heterocycles. The number of sulfonamides is 1. The highest BCUT2D eigenvalue weighted by atomic mass is 32.2. The number of benzene rings is 1. The minimum atomic E-state index is -4.01. The number of anilines is 1. The molecule has 0 amide bonds. The Hall–Kier alpha value is -1.25. The van der Waals surface area contributed by atoms with Crippen LogP contribution in [0.1, 0.15) is 0 Å². The highest BCUT2D eigenvalue weighted by molar-refractivity contribution is 7.89. The predicted molar refractivity (Wildman–Crippen MR) is 60.1 cm³/mol. The Bertz CT molecular complexity index is 571. The molecular weight excluding hydrogens is 266 g/mol. The van der Waals surface area contributed by atoms with Crippen LogP contribution in [0, 0.1) is 17.6 Å². The summed E-state index contributed by atoms with van der Waals surface area (Å²) in [5.41, 5.74) is 4.31. The van der Waals surface area contributed by atoms with E-state index >= 15 is 0 Å². The topological polar surface area (TPSA) is 83.6 Å². The van der Waals surface area contributed by atoms with E-state index in [-0.39, 0.29) is 25.6 Å². The van der Waals surface area contributed by atoms with Crippen molar-refractivity contribution < 1.29 is 22.3 Å². The molecule has 1 saturated heterocycles. The number of nitrogen functional groups attached to an aromatic ring is 1. The Morgan fingerprint density at radius 1 is 1.39 bits per heavy atom. The molecule has 8 heteroatoms. The third-order valence-electron chi connectivity index (χ3n) is 2.89. The fourth-order valence-electron chi connectivity index (χ4n) is 1.72. The van der Waals surface area contributed by atoms with Crippen molar-refractivity contribution in [3.63, 3.8) is 0 Å². The molecule has 0 saturated carbocycles. The summed E-state index contributed by atoms with van der Waals surface area (Å²) < 4.78 is 51.6. The van der Waals surface area contributed by atoms with Crippen LogP contribution in [0.2, 0.25) is 0 Å². The third-order valence-corrected chi connectivity index (χ3v) is 4.74. The average molecular weight is 278 g/mol. The summed E-state index contributed by atoms with van der Waals surface area (Å²) in [5, 5.41) is 8.81. The zero-order valence-electron chi connectivity index (χ0n) is 9.31. The molecule has 1 fully saturated rings. The first-order valence-corrected chi connectivity index (χ1v) is 6.66. The Morgan fingerprint density at radius 2 is 2.00 bits per heavy atom. The molecule has 1 aliphatic rings. The molecule has 3 N–H and O–H groups in total. The summed E-state index contributed by atoms with van der Waals surface area (Å²) in [6, 6.07) is 1.66. The highest BCUT2D eigenvalue weighted by Gasteiger charge is 2.38. The molecule has 0 bridgehead atoms. The first kappa shape index (κ1) is 13.2. The fraction of sp³-hybridized carbons (Fsp3) is 0.400. The van der Waals surface area contributed by atoms with Crippen LogP contribution in [0.5, 0.6) is 0 Å². The van der Waals surface area contributed by atoms with E-state index in [1.807, 2.05) is 0 Å². The van der Waals surface area contributed by atoms with Crippen molar-refractivity contribution in [1.29, 1.82) is 0 Å². The van der Waals surface area contributed by atoms with Crippen LogP contribution in [0.15, 0.2) is 17.0 Å². The van der Waals surface area contributed by atoms with E-state index in [0.29, 0.717) is 0 Å². The summed E-state index contributed by atoms with van der Waals surface area (Å²) in [5.74, 6) is -2.41. The summed E-state index contributed by atoms with van der Waals surface area (Å²) >= 11 is 0. The van der Waals surface area contributed by atoms with Gasteiger partial charge in [0.05, 0.1) is 0 Å². The van der Waals surface area contributed by atoms with Crippen LogP contribution in [-0.4, -0.2) is 37.5 Å². The number of halogens is 2. The molecule has 0 radical (unpaired) electrons. The number of nitrogens with zero attached hydrogens (tertiary/aromatic N) is 1. The highest BCUT2D eigenvalue weighted by Crippen LogP contribution is 2.29. The van der Waals surface area contributed by atoms with E-state index in [2.05, 4.69) is 0 Å². The molecule has 0 atom stereocenters. The number of aliphatic hydroxyl groups is 1. The standard InChI is InChI=1S/C10H12F2N2O3S/c11-7-1-2-8(9(12)10(7)13)18(16,17)14-3-6(4-14)5-15/h1-2,6,15H,3-5,13H2. The molecule has 100 valence electrons. The van der Waals surface area contributed by atoms with Crippen molar-refractivity contribution in [3.8, 4) is 0 Å². The van der Waals surface area contributed by atoms with Gasteiger partial charge in [0.2, 0.25) is 10.0 Å². The molecule has 1 aromatic carbocycles. The van der Waals surface area contributed by atoms with E-state index in [1.165, 1.54) is 0 Å². The van der Waals surface area contributed by atoms with Crippen LogP contribution in [0.3, 0.4) is 0 Å². The van der Waals surface area contributed by atoms with Crippen molar-refractivity contribution in [2.75, 3.05) is 25.4 Å². The van der Waals surface area contributed by atoms with E-state index in [4.69, 9.17) is 10.8 Å².